The number of nitrogens with zero attached hydrogens (tertiary/aromatic N) is 2. The second-order valence-corrected chi connectivity index (χ2v) is 9.71. The molecule has 0 radical (unpaired) electrons. The third-order valence-electron chi connectivity index (χ3n) is 3.67. The zero-order chi connectivity index (χ0) is 17.9. The molecule has 0 aliphatic heterocycles. The average Bonchev–Trinajstić information content (AvgIpc) is 3.23. The molecular weight excluding hydrogens is 374 g/mol. The first-order valence-corrected chi connectivity index (χ1v) is 11.1. The molecule has 3 aromatic rings. The number of thiazole rings is 1. The van der Waals surface area contributed by atoms with Gasteiger partial charge < -0.3 is 0 Å². The first kappa shape index (κ1) is 18.2. The maximum Gasteiger partial charge on any atom is 0.250 e. The monoisotopic (exact) mass is 393 g/mol. The van der Waals surface area contributed by atoms with E-state index >= 15 is 0 Å². The second-order valence-electron chi connectivity index (χ2n) is 5.46. The van der Waals surface area contributed by atoms with Crippen LogP contribution in [0.15, 0.2) is 40.7 Å². The fraction of sp³-hybridized carbons (Fsp3) is 0.294. The Morgan fingerprint density at radius 3 is 2.68 bits per heavy atom. The van der Waals surface area contributed by atoms with Gasteiger partial charge in [0, 0.05) is 22.5 Å². The Morgan fingerprint density at radius 1 is 1.16 bits per heavy atom. The number of hydrogen-bond donors (Lipinski definition) is 1. The van der Waals surface area contributed by atoms with Gasteiger partial charge in [-0.1, -0.05) is 13.0 Å². The molecule has 8 heteroatoms. The maximum absolute atomic E-state index is 12.3. The molecule has 0 unspecified atom stereocenters. The van der Waals surface area contributed by atoms with Gasteiger partial charge in [0.2, 0.25) is 10.0 Å². The quantitative estimate of drug-likeness (QED) is 0.665. The van der Waals surface area contributed by atoms with Crippen molar-refractivity contribution >= 4 is 32.7 Å². The lowest BCUT2D eigenvalue weighted by atomic mass is 10.3. The molecule has 3 aromatic heterocycles. The van der Waals surface area contributed by atoms with E-state index in [4.69, 9.17) is 0 Å². The summed E-state index contributed by atoms with van der Waals surface area (Å²) in [4.78, 5) is 11.0. The van der Waals surface area contributed by atoms with Crippen LogP contribution in [0, 0.1) is 6.92 Å². The topological polar surface area (TPSA) is 72.0 Å². The fourth-order valence-electron chi connectivity index (χ4n) is 2.32. The first-order chi connectivity index (χ1) is 12.0. The minimum absolute atomic E-state index is 0.354. The van der Waals surface area contributed by atoms with Crippen molar-refractivity contribution in [2.24, 2.45) is 0 Å². The second kappa shape index (κ2) is 7.74. The van der Waals surface area contributed by atoms with Crippen LogP contribution in [0.2, 0.25) is 0 Å². The predicted molar refractivity (Wildman–Crippen MR) is 103 cm³/mol. The third-order valence-corrected chi connectivity index (χ3v) is 8.09. The summed E-state index contributed by atoms with van der Waals surface area (Å²) >= 11 is 2.88. The maximum atomic E-state index is 12.3. The number of aromatic nitrogens is 2. The van der Waals surface area contributed by atoms with E-state index in [0.29, 0.717) is 17.2 Å². The summed E-state index contributed by atoms with van der Waals surface area (Å²) in [6, 6.07) is 9.26. The van der Waals surface area contributed by atoms with Crippen LogP contribution in [0.4, 0.5) is 0 Å². The summed E-state index contributed by atoms with van der Waals surface area (Å²) in [7, 11) is -3.44. The molecular formula is C17H19N3O2S3. The van der Waals surface area contributed by atoms with Crippen molar-refractivity contribution in [3.63, 3.8) is 0 Å². The fourth-order valence-corrected chi connectivity index (χ4v) is 5.73. The van der Waals surface area contributed by atoms with Gasteiger partial charge in [-0.3, -0.25) is 4.98 Å². The smallest absolute Gasteiger partial charge is 0.250 e. The van der Waals surface area contributed by atoms with Crippen molar-refractivity contribution < 1.29 is 8.42 Å². The van der Waals surface area contributed by atoms with Crippen LogP contribution >= 0.6 is 22.7 Å². The first-order valence-electron chi connectivity index (χ1n) is 7.95. The summed E-state index contributed by atoms with van der Waals surface area (Å²) in [5, 5.41) is 0.863. The van der Waals surface area contributed by atoms with E-state index in [1.165, 1.54) is 11.3 Å². The van der Waals surface area contributed by atoms with Crippen LogP contribution in [0.25, 0.3) is 10.7 Å². The standard InChI is InChI=1S/C17H19N3O2S3/c1-3-13-7-8-16(23-13)25(21,22)19-11-9-15-12(2)20-17(24-15)14-6-4-5-10-18-14/h4-8,10,19H,3,9,11H2,1-2H3. The molecule has 3 heterocycles. The van der Waals surface area contributed by atoms with Gasteiger partial charge in [-0.15, -0.1) is 22.7 Å². The van der Waals surface area contributed by atoms with E-state index in [1.54, 1.807) is 23.6 Å². The summed E-state index contributed by atoms with van der Waals surface area (Å²) < 4.78 is 27.7. The van der Waals surface area contributed by atoms with E-state index in [2.05, 4.69) is 14.7 Å². The van der Waals surface area contributed by atoms with Crippen molar-refractivity contribution in [2.45, 2.75) is 30.9 Å². The molecule has 0 bridgehead atoms. The van der Waals surface area contributed by atoms with Crippen molar-refractivity contribution in [2.75, 3.05) is 6.54 Å². The average molecular weight is 394 g/mol. The molecule has 3 rings (SSSR count). The molecule has 0 atom stereocenters. The van der Waals surface area contributed by atoms with Gasteiger partial charge >= 0.3 is 0 Å². The van der Waals surface area contributed by atoms with Crippen LogP contribution in [-0.4, -0.2) is 24.9 Å². The van der Waals surface area contributed by atoms with Crippen molar-refractivity contribution in [1.29, 1.82) is 0 Å². The van der Waals surface area contributed by atoms with Gasteiger partial charge in [0.25, 0.3) is 0 Å². The van der Waals surface area contributed by atoms with E-state index < -0.39 is 10.0 Å². The van der Waals surface area contributed by atoms with E-state index in [9.17, 15) is 8.42 Å². The highest BCUT2D eigenvalue weighted by Crippen LogP contribution is 2.27. The van der Waals surface area contributed by atoms with Crippen molar-refractivity contribution in [3.8, 4) is 10.7 Å². The van der Waals surface area contributed by atoms with Crippen molar-refractivity contribution in [3.05, 3.63) is 52.0 Å². The molecule has 25 heavy (non-hydrogen) atoms. The van der Waals surface area contributed by atoms with Gasteiger partial charge in [-0.2, -0.15) is 0 Å². The number of pyridine rings is 1. The van der Waals surface area contributed by atoms with Crippen molar-refractivity contribution in [1.82, 2.24) is 14.7 Å². The lowest BCUT2D eigenvalue weighted by Crippen LogP contribution is -2.25. The predicted octanol–water partition coefficient (Wildman–Crippen LogP) is 3.66. The normalized spacial score (nSPS) is 11.8. The van der Waals surface area contributed by atoms with E-state index in [1.807, 2.05) is 38.1 Å². The minimum atomic E-state index is -3.44. The van der Waals surface area contributed by atoms with Gasteiger partial charge in [0.15, 0.2) is 0 Å². The zero-order valence-corrected chi connectivity index (χ0v) is 16.5. The molecule has 0 saturated carbocycles. The SMILES string of the molecule is CCc1ccc(S(=O)(=O)NCCc2sc(-c3ccccn3)nc2C)s1. The summed E-state index contributed by atoms with van der Waals surface area (Å²) in [5.74, 6) is 0. The highest BCUT2D eigenvalue weighted by Gasteiger charge is 2.17. The van der Waals surface area contributed by atoms with Crippen LogP contribution in [-0.2, 0) is 22.9 Å². The largest absolute Gasteiger partial charge is 0.254 e. The van der Waals surface area contributed by atoms with Crippen LogP contribution in [0.3, 0.4) is 0 Å². The minimum Gasteiger partial charge on any atom is -0.254 e. The Kier molecular flexibility index (Phi) is 5.63. The Hall–Kier alpha value is -1.61. The molecule has 0 aromatic carbocycles. The molecule has 132 valence electrons. The lowest BCUT2D eigenvalue weighted by Gasteiger charge is -2.04. The van der Waals surface area contributed by atoms with Gasteiger partial charge in [0.1, 0.15) is 9.22 Å². The molecule has 0 spiro atoms. The van der Waals surface area contributed by atoms with Gasteiger partial charge in [0.05, 0.1) is 11.4 Å². The number of hydrogen-bond acceptors (Lipinski definition) is 6. The highest BCUT2D eigenvalue weighted by atomic mass is 32.2. The molecule has 0 amide bonds. The Morgan fingerprint density at radius 2 is 2.00 bits per heavy atom. The van der Waals surface area contributed by atoms with Gasteiger partial charge in [-0.25, -0.2) is 18.1 Å². The molecule has 5 nitrogen and oxygen atoms in total. The number of thiophene rings is 1. The third kappa shape index (κ3) is 4.33. The van der Waals surface area contributed by atoms with E-state index in [0.717, 1.165) is 32.6 Å². The molecule has 0 aliphatic carbocycles. The molecule has 1 N–H and O–H groups in total. The molecule has 0 aliphatic rings. The summed E-state index contributed by atoms with van der Waals surface area (Å²) in [6.07, 6.45) is 3.20. The van der Waals surface area contributed by atoms with Crippen LogP contribution < -0.4 is 4.72 Å². The van der Waals surface area contributed by atoms with Crippen LogP contribution in [0.1, 0.15) is 22.4 Å². The summed E-state index contributed by atoms with van der Waals surface area (Å²) in [6.45, 7) is 4.31. The zero-order valence-electron chi connectivity index (χ0n) is 14.0. The molecule has 0 fully saturated rings. The summed E-state index contributed by atoms with van der Waals surface area (Å²) in [5.41, 5.74) is 1.77. The van der Waals surface area contributed by atoms with Crippen LogP contribution in [0.5, 0.6) is 0 Å². The van der Waals surface area contributed by atoms with Gasteiger partial charge in [-0.05, 0) is 44.0 Å². The highest BCUT2D eigenvalue weighted by molar-refractivity contribution is 7.91. The molecule has 0 saturated heterocycles. The number of rotatable bonds is 7. The Bertz CT molecular complexity index is 947. The van der Waals surface area contributed by atoms with E-state index in [-0.39, 0.29) is 0 Å². The Labute approximate surface area is 155 Å². The number of nitrogens with one attached hydrogen (secondary N) is 1. The Balaban J connectivity index is 1.65. The lowest BCUT2D eigenvalue weighted by molar-refractivity contribution is 0.584. The number of aryl methyl sites for hydroxylation is 2. The number of sulfonamides is 1.